The summed E-state index contributed by atoms with van der Waals surface area (Å²) in [4.78, 5) is 42.1. The minimum Gasteiger partial charge on any atom is -0.350 e. The molecule has 8 heteroatoms. The van der Waals surface area contributed by atoms with Crippen molar-refractivity contribution in [1.82, 2.24) is 25.2 Å². The van der Waals surface area contributed by atoms with Crippen LogP contribution in [0.5, 0.6) is 0 Å². The van der Waals surface area contributed by atoms with Gasteiger partial charge in [-0.15, -0.1) is 11.3 Å². The molecule has 1 aliphatic rings. The second kappa shape index (κ2) is 10.2. The van der Waals surface area contributed by atoms with Crippen molar-refractivity contribution >= 4 is 23.2 Å². The van der Waals surface area contributed by atoms with E-state index in [2.05, 4.69) is 32.4 Å². The average Bonchev–Trinajstić information content (AvgIpc) is 3.48. The highest BCUT2D eigenvalue weighted by molar-refractivity contribution is 7.13. The molecule has 0 radical (unpaired) electrons. The van der Waals surface area contributed by atoms with Crippen LogP contribution in [0.4, 0.5) is 0 Å². The molecule has 0 saturated carbocycles. The van der Waals surface area contributed by atoms with Crippen LogP contribution in [0.15, 0.2) is 48.4 Å². The number of benzene rings is 1. The van der Waals surface area contributed by atoms with Gasteiger partial charge < -0.3 is 10.2 Å². The van der Waals surface area contributed by atoms with Crippen molar-refractivity contribution in [3.05, 3.63) is 65.3 Å². The van der Waals surface area contributed by atoms with E-state index < -0.39 is 12.0 Å². The summed E-state index contributed by atoms with van der Waals surface area (Å²) in [5.41, 5.74) is 5.67. The maximum atomic E-state index is 13.4. The molecule has 1 N–H and O–H groups in total. The van der Waals surface area contributed by atoms with Crippen molar-refractivity contribution in [2.24, 2.45) is 5.92 Å². The average molecular weight is 464 g/mol. The van der Waals surface area contributed by atoms with Gasteiger partial charge in [-0.05, 0) is 36.8 Å². The number of aromatic nitrogens is 3. The van der Waals surface area contributed by atoms with Crippen molar-refractivity contribution in [2.45, 2.75) is 52.1 Å². The molecule has 2 amide bonds. The first-order valence-corrected chi connectivity index (χ1v) is 12.2. The number of thiazole rings is 1. The summed E-state index contributed by atoms with van der Waals surface area (Å²) in [6.45, 7) is 7.02. The third-order valence-corrected chi connectivity index (χ3v) is 7.08. The zero-order valence-electron chi connectivity index (χ0n) is 19.2. The third kappa shape index (κ3) is 5.11. The summed E-state index contributed by atoms with van der Waals surface area (Å²) >= 11 is 1.62. The summed E-state index contributed by atoms with van der Waals surface area (Å²) < 4.78 is 0. The summed E-state index contributed by atoms with van der Waals surface area (Å²) in [5, 5.41) is 3.03. The molecular weight excluding hydrogens is 434 g/mol. The molecule has 2 unspecified atom stereocenters. The summed E-state index contributed by atoms with van der Waals surface area (Å²) in [7, 11) is 0. The molecule has 1 aromatic carbocycles. The minimum absolute atomic E-state index is 0.0487. The molecule has 2 aromatic heterocycles. The quantitative estimate of drug-likeness (QED) is 0.573. The normalized spacial score (nSPS) is 16.7. The van der Waals surface area contributed by atoms with E-state index in [0.717, 1.165) is 28.1 Å². The topological polar surface area (TPSA) is 88.1 Å². The number of likely N-dealkylation sites (tertiary alicyclic amines) is 1. The Kier molecular flexibility index (Phi) is 7.13. The molecule has 2 atom stereocenters. The van der Waals surface area contributed by atoms with E-state index in [1.54, 1.807) is 34.8 Å². The van der Waals surface area contributed by atoms with E-state index in [1.807, 2.05) is 38.4 Å². The lowest BCUT2D eigenvalue weighted by molar-refractivity contribution is -0.140. The molecule has 33 heavy (non-hydrogen) atoms. The van der Waals surface area contributed by atoms with Crippen LogP contribution in [0.1, 0.15) is 49.6 Å². The first kappa shape index (κ1) is 23.0. The Balaban J connectivity index is 1.40. The molecule has 1 fully saturated rings. The molecule has 4 rings (SSSR count). The Bertz CT molecular complexity index is 1100. The van der Waals surface area contributed by atoms with E-state index in [9.17, 15) is 9.59 Å². The van der Waals surface area contributed by atoms with Crippen molar-refractivity contribution in [1.29, 1.82) is 0 Å². The van der Waals surface area contributed by atoms with Gasteiger partial charge >= 0.3 is 0 Å². The predicted octanol–water partition coefficient (Wildman–Crippen LogP) is 3.96. The predicted molar refractivity (Wildman–Crippen MR) is 128 cm³/mol. The monoisotopic (exact) mass is 463 g/mol. The Morgan fingerprint density at radius 1 is 1.18 bits per heavy atom. The van der Waals surface area contributed by atoms with E-state index in [1.165, 1.54) is 0 Å². The Labute approximate surface area is 198 Å². The second-order valence-electron chi connectivity index (χ2n) is 8.72. The van der Waals surface area contributed by atoms with Crippen LogP contribution in [0, 0.1) is 12.8 Å². The standard InChI is InChI=1S/C25H29N5O2S/c1-16(2)22(20-14-26-10-11-27-20)25(32)30-12-4-5-21(30)24(31)28-13-18-6-8-19(9-7-18)23-17(3)29-15-33-23/h6-11,14-16,21-22H,4-5,12-13H2,1-3H3,(H,28,31). The molecule has 7 nitrogen and oxygen atoms in total. The van der Waals surface area contributed by atoms with Gasteiger partial charge in [0.05, 0.1) is 27.7 Å². The number of amides is 2. The lowest BCUT2D eigenvalue weighted by Crippen LogP contribution is -2.48. The lowest BCUT2D eigenvalue weighted by Gasteiger charge is -2.29. The number of carbonyl (C=O) groups excluding carboxylic acids is 2. The molecule has 3 aromatic rings. The van der Waals surface area contributed by atoms with E-state index in [0.29, 0.717) is 25.2 Å². The number of nitrogens with one attached hydrogen (secondary N) is 1. The van der Waals surface area contributed by atoms with Crippen LogP contribution in [0.25, 0.3) is 10.4 Å². The molecule has 1 aliphatic heterocycles. The van der Waals surface area contributed by atoms with E-state index in [-0.39, 0.29) is 17.7 Å². The summed E-state index contributed by atoms with van der Waals surface area (Å²) in [5.74, 6) is -0.508. The van der Waals surface area contributed by atoms with Gasteiger partial charge in [0.2, 0.25) is 11.8 Å². The molecule has 0 bridgehead atoms. The molecule has 0 spiro atoms. The highest BCUT2D eigenvalue weighted by Gasteiger charge is 2.39. The fraction of sp³-hybridized carbons (Fsp3) is 0.400. The smallest absolute Gasteiger partial charge is 0.243 e. The van der Waals surface area contributed by atoms with Crippen LogP contribution in [0.2, 0.25) is 0 Å². The van der Waals surface area contributed by atoms with Crippen LogP contribution < -0.4 is 5.32 Å². The number of rotatable bonds is 7. The van der Waals surface area contributed by atoms with Gasteiger partial charge in [-0.2, -0.15) is 0 Å². The van der Waals surface area contributed by atoms with Crippen LogP contribution in [-0.2, 0) is 16.1 Å². The van der Waals surface area contributed by atoms with Gasteiger partial charge in [0, 0.05) is 31.7 Å². The maximum Gasteiger partial charge on any atom is 0.243 e. The highest BCUT2D eigenvalue weighted by Crippen LogP contribution is 2.29. The SMILES string of the molecule is Cc1ncsc1-c1ccc(CNC(=O)C2CCCN2C(=O)C(c2cnccn2)C(C)C)cc1. The van der Waals surface area contributed by atoms with Gasteiger partial charge in [-0.1, -0.05) is 38.1 Å². The zero-order chi connectivity index (χ0) is 23.4. The third-order valence-electron chi connectivity index (χ3n) is 6.10. The first-order chi connectivity index (χ1) is 16.0. The molecule has 172 valence electrons. The number of carbonyl (C=O) groups is 2. The van der Waals surface area contributed by atoms with Gasteiger partial charge in [0.25, 0.3) is 0 Å². The summed E-state index contributed by atoms with van der Waals surface area (Å²) in [6.07, 6.45) is 6.34. The highest BCUT2D eigenvalue weighted by atomic mass is 32.1. The van der Waals surface area contributed by atoms with Crippen molar-refractivity contribution in [3.63, 3.8) is 0 Å². The zero-order valence-corrected chi connectivity index (χ0v) is 20.0. The van der Waals surface area contributed by atoms with E-state index in [4.69, 9.17) is 0 Å². The Morgan fingerprint density at radius 3 is 2.61 bits per heavy atom. The molecule has 3 heterocycles. The maximum absolute atomic E-state index is 13.4. The van der Waals surface area contributed by atoms with Gasteiger partial charge in [0.1, 0.15) is 6.04 Å². The van der Waals surface area contributed by atoms with Crippen LogP contribution >= 0.6 is 11.3 Å². The number of hydrogen-bond acceptors (Lipinski definition) is 6. The Hall–Kier alpha value is -3.13. The lowest BCUT2D eigenvalue weighted by atomic mass is 9.91. The van der Waals surface area contributed by atoms with Crippen LogP contribution in [-0.4, -0.2) is 44.3 Å². The fourth-order valence-electron chi connectivity index (χ4n) is 4.37. The first-order valence-electron chi connectivity index (χ1n) is 11.3. The number of nitrogens with zero attached hydrogens (tertiary/aromatic N) is 4. The van der Waals surface area contributed by atoms with Gasteiger partial charge in [-0.3, -0.25) is 19.6 Å². The van der Waals surface area contributed by atoms with E-state index >= 15 is 0 Å². The second-order valence-corrected chi connectivity index (χ2v) is 9.58. The molecule has 1 saturated heterocycles. The van der Waals surface area contributed by atoms with Gasteiger partial charge in [-0.25, -0.2) is 4.98 Å². The molecular formula is C25H29N5O2S. The van der Waals surface area contributed by atoms with Crippen LogP contribution in [0.3, 0.4) is 0 Å². The minimum atomic E-state index is -0.450. The number of hydrogen-bond donors (Lipinski definition) is 1. The largest absolute Gasteiger partial charge is 0.350 e. The van der Waals surface area contributed by atoms with Crippen molar-refractivity contribution in [2.75, 3.05) is 6.54 Å². The number of aryl methyl sites for hydroxylation is 1. The fourth-order valence-corrected chi connectivity index (χ4v) is 5.18. The Morgan fingerprint density at radius 2 is 1.97 bits per heavy atom. The van der Waals surface area contributed by atoms with Crippen molar-refractivity contribution < 1.29 is 9.59 Å². The van der Waals surface area contributed by atoms with Gasteiger partial charge in [0.15, 0.2) is 0 Å². The summed E-state index contributed by atoms with van der Waals surface area (Å²) in [6, 6.07) is 7.71. The van der Waals surface area contributed by atoms with Crippen molar-refractivity contribution in [3.8, 4) is 10.4 Å². The molecule has 0 aliphatic carbocycles.